The zero-order valence-electron chi connectivity index (χ0n) is 15.3. The molecule has 4 rings (SSSR count). The van der Waals surface area contributed by atoms with E-state index in [0.29, 0.717) is 11.3 Å². The number of benzene rings is 1. The zero-order valence-corrected chi connectivity index (χ0v) is 16.1. The number of H-pyrrole nitrogens is 1. The summed E-state index contributed by atoms with van der Waals surface area (Å²) in [6, 6.07) is 12.0. The fourth-order valence-electron chi connectivity index (χ4n) is 2.98. The summed E-state index contributed by atoms with van der Waals surface area (Å²) in [5.74, 6) is -0.277. The molecular formula is C21H17N5O2S. The van der Waals surface area contributed by atoms with Crippen molar-refractivity contribution in [2.24, 2.45) is 0 Å². The number of hydrogen-bond donors (Lipinski definition) is 4. The maximum absolute atomic E-state index is 11.7. The minimum absolute atomic E-state index is 0.104. The van der Waals surface area contributed by atoms with Crippen LogP contribution in [0.3, 0.4) is 0 Å². The Labute approximate surface area is 170 Å². The summed E-state index contributed by atoms with van der Waals surface area (Å²) in [7, 11) is 0. The number of thiophene rings is 1. The first-order valence-corrected chi connectivity index (χ1v) is 9.73. The number of nitriles is 1. The number of aliphatic hydroxyl groups excluding tert-OH is 1. The molecule has 0 unspecified atom stereocenters. The summed E-state index contributed by atoms with van der Waals surface area (Å²) in [6.07, 6.45) is 6.55. The minimum atomic E-state index is -0.277. The highest BCUT2D eigenvalue weighted by atomic mass is 32.1. The van der Waals surface area contributed by atoms with Gasteiger partial charge in [0, 0.05) is 51.9 Å². The third kappa shape index (κ3) is 3.96. The number of nitrogens with zero attached hydrogens (tertiary/aromatic N) is 2. The van der Waals surface area contributed by atoms with Gasteiger partial charge < -0.3 is 20.7 Å². The van der Waals surface area contributed by atoms with Crippen LogP contribution >= 0.6 is 11.3 Å². The molecule has 0 bridgehead atoms. The molecule has 0 saturated carbocycles. The van der Waals surface area contributed by atoms with E-state index in [1.54, 1.807) is 12.3 Å². The summed E-state index contributed by atoms with van der Waals surface area (Å²) in [4.78, 5) is 20.8. The molecule has 4 N–H and O–H groups in total. The van der Waals surface area contributed by atoms with Crippen molar-refractivity contribution >= 4 is 55.8 Å². The Morgan fingerprint density at radius 3 is 3.07 bits per heavy atom. The maximum Gasteiger partial charge on any atom is 0.244 e. The van der Waals surface area contributed by atoms with Gasteiger partial charge in [0.15, 0.2) is 0 Å². The van der Waals surface area contributed by atoms with E-state index in [2.05, 4.69) is 26.7 Å². The molecule has 3 heterocycles. The number of fused-ring (bicyclic) bond motifs is 2. The second kappa shape index (κ2) is 8.14. The number of aromatic nitrogens is 2. The molecule has 3 aromatic heterocycles. The molecule has 0 fully saturated rings. The highest BCUT2D eigenvalue weighted by Gasteiger charge is 2.12. The topological polar surface area (TPSA) is 114 Å². The van der Waals surface area contributed by atoms with E-state index in [1.807, 2.05) is 36.5 Å². The highest BCUT2D eigenvalue weighted by molar-refractivity contribution is 7.19. The lowest BCUT2D eigenvalue weighted by Gasteiger charge is -2.09. The number of amides is 1. The molecule has 1 aromatic carbocycles. The van der Waals surface area contributed by atoms with E-state index in [0.717, 1.165) is 31.7 Å². The Balaban J connectivity index is 1.68. The van der Waals surface area contributed by atoms with Crippen molar-refractivity contribution in [3.63, 3.8) is 0 Å². The molecule has 0 atom stereocenters. The molecule has 0 saturated heterocycles. The van der Waals surface area contributed by atoms with Crippen molar-refractivity contribution in [1.82, 2.24) is 15.3 Å². The summed E-state index contributed by atoms with van der Waals surface area (Å²) in [6.45, 7) is 0.106. The number of pyridine rings is 1. The molecule has 4 aromatic rings. The van der Waals surface area contributed by atoms with Crippen molar-refractivity contribution in [2.45, 2.75) is 0 Å². The average molecular weight is 403 g/mol. The lowest BCUT2D eigenvalue weighted by Crippen LogP contribution is -2.24. The fraction of sp³-hybridized carbons (Fsp3) is 0.0952. The maximum atomic E-state index is 11.7. The largest absolute Gasteiger partial charge is 0.395 e. The highest BCUT2D eigenvalue weighted by Crippen LogP contribution is 2.35. The Morgan fingerprint density at radius 1 is 1.34 bits per heavy atom. The van der Waals surface area contributed by atoms with E-state index >= 15 is 0 Å². The third-order valence-electron chi connectivity index (χ3n) is 4.33. The monoisotopic (exact) mass is 403 g/mol. The van der Waals surface area contributed by atoms with Crippen LogP contribution in [0.4, 0.5) is 11.4 Å². The van der Waals surface area contributed by atoms with Gasteiger partial charge in [-0.25, -0.2) is 4.98 Å². The van der Waals surface area contributed by atoms with Crippen molar-refractivity contribution in [3.8, 4) is 6.07 Å². The second-order valence-electron chi connectivity index (χ2n) is 6.28. The molecule has 29 heavy (non-hydrogen) atoms. The van der Waals surface area contributed by atoms with E-state index in [4.69, 9.17) is 5.11 Å². The quantitative estimate of drug-likeness (QED) is 0.368. The van der Waals surface area contributed by atoms with Gasteiger partial charge >= 0.3 is 0 Å². The smallest absolute Gasteiger partial charge is 0.244 e. The van der Waals surface area contributed by atoms with Gasteiger partial charge in [-0.15, -0.1) is 11.3 Å². The number of rotatable bonds is 6. The predicted molar refractivity (Wildman–Crippen MR) is 115 cm³/mol. The molecule has 0 aliphatic carbocycles. The molecule has 7 nitrogen and oxygen atoms in total. The number of carbonyl (C=O) groups is 1. The van der Waals surface area contributed by atoms with Crippen LogP contribution in [-0.2, 0) is 4.79 Å². The number of aromatic amines is 1. The molecule has 0 aliphatic rings. The van der Waals surface area contributed by atoms with E-state index in [-0.39, 0.29) is 19.1 Å². The summed E-state index contributed by atoms with van der Waals surface area (Å²) < 4.78 is 0. The molecule has 0 aliphatic heterocycles. The number of carbonyl (C=O) groups excluding carboxylic acids is 1. The van der Waals surface area contributed by atoms with Crippen LogP contribution in [0.5, 0.6) is 0 Å². The van der Waals surface area contributed by atoms with E-state index in [1.165, 1.54) is 17.4 Å². The molecule has 0 spiro atoms. The van der Waals surface area contributed by atoms with Crippen LogP contribution in [0.25, 0.3) is 27.2 Å². The Morgan fingerprint density at radius 2 is 2.24 bits per heavy atom. The van der Waals surface area contributed by atoms with Crippen molar-refractivity contribution in [2.75, 3.05) is 18.5 Å². The minimum Gasteiger partial charge on any atom is -0.395 e. The van der Waals surface area contributed by atoms with Crippen LogP contribution in [0.2, 0.25) is 0 Å². The van der Waals surface area contributed by atoms with E-state index < -0.39 is 0 Å². The van der Waals surface area contributed by atoms with Gasteiger partial charge in [-0.05, 0) is 36.4 Å². The number of nitrogens with one attached hydrogen (secondary N) is 3. The SMILES string of the molecule is N#Cc1cnc2sc(/C=C/C(=O)NCCO)cc2c1Nc1ccc2[nH]ccc2c1. The van der Waals surface area contributed by atoms with Gasteiger partial charge in [0.05, 0.1) is 17.9 Å². The number of anilines is 2. The Bertz CT molecular complexity index is 1270. The lowest BCUT2D eigenvalue weighted by molar-refractivity contribution is -0.116. The van der Waals surface area contributed by atoms with Crippen molar-refractivity contribution < 1.29 is 9.90 Å². The first-order chi connectivity index (χ1) is 14.2. The van der Waals surface area contributed by atoms with Crippen molar-refractivity contribution in [1.29, 1.82) is 5.26 Å². The van der Waals surface area contributed by atoms with Crippen LogP contribution in [0, 0.1) is 11.3 Å². The summed E-state index contributed by atoms with van der Waals surface area (Å²) >= 11 is 1.43. The number of aliphatic hydroxyl groups is 1. The van der Waals surface area contributed by atoms with E-state index in [9.17, 15) is 10.1 Å². The van der Waals surface area contributed by atoms with Gasteiger partial charge in [0.1, 0.15) is 10.9 Å². The fourth-order valence-corrected chi connectivity index (χ4v) is 3.89. The normalized spacial score (nSPS) is 11.2. The summed E-state index contributed by atoms with van der Waals surface area (Å²) in [5.41, 5.74) is 3.04. The first-order valence-electron chi connectivity index (χ1n) is 8.91. The number of hydrogen-bond acceptors (Lipinski definition) is 6. The second-order valence-corrected chi connectivity index (χ2v) is 7.34. The molecule has 144 valence electrons. The van der Waals surface area contributed by atoms with Gasteiger partial charge in [-0.3, -0.25) is 4.79 Å². The van der Waals surface area contributed by atoms with Gasteiger partial charge in [0.25, 0.3) is 0 Å². The van der Waals surface area contributed by atoms with Crippen LogP contribution in [-0.4, -0.2) is 34.1 Å². The van der Waals surface area contributed by atoms with Crippen LogP contribution < -0.4 is 10.6 Å². The molecule has 0 radical (unpaired) electrons. The van der Waals surface area contributed by atoms with Gasteiger partial charge in [0.2, 0.25) is 5.91 Å². The third-order valence-corrected chi connectivity index (χ3v) is 5.34. The lowest BCUT2D eigenvalue weighted by atomic mass is 10.1. The summed E-state index contributed by atoms with van der Waals surface area (Å²) in [5, 5.41) is 26.1. The van der Waals surface area contributed by atoms with Crippen LogP contribution in [0.1, 0.15) is 10.4 Å². The van der Waals surface area contributed by atoms with Gasteiger partial charge in [-0.1, -0.05) is 0 Å². The average Bonchev–Trinajstić information content (AvgIpc) is 3.37. The van der Waals surface area contributed by atoms with Gasteiger partial charge in [-0.2, -0.15) is 5.26 Å². The van der Waals surface area contributed by atoms with Crippen LogP contribution in [0.15, 0.2) is 48.8 Å². The standard InChI is InChI=1S/C21H17N5O2S/c22-11-14-12-25-21-17(10-16(29-21)2-4-19(28)24-7-8-27)20(14)26-15-1-3-18-13(9-15)5-6-23-18/h1-6,9-10,12,23,27H,7-8H2,(H,24,28)(H,25,26)/b4-2+. The Kier molecular flexibility index (Phi) is 5.24. The Hall–Kier alpha value is -3.67. The molecular weight excluding hydrogens is 386 g/mol. The predicted octanol–water partition coefficient (Wildman–Crippen LogP) is 3.51. The molecule has 8 heteroatoms. The van der Waals surface area contributed by atoms with Crippen molar-refractivity contribution in [3.05, 3.63) is 59.2 Å². The first kappa shape index (κ1) is 18.7. The molecule has 1 amide bonds. The zero-order chi connectivity index (χ0) is 20.2.